The molecule has 1 aromatic rings. The number of hydrogen-bond acceptors (Lipinski definition) is 3. The molecule has 0 amide bonds. The lowest BCUT2D eigenvalue weighted by molar-refractivity contribution is 0.0738. The molecule has 0 spiro atoms. The van der Waals surface area contributed by atoms with E-state index in [4.69, 9.17) is 5.73 Å². The molecule has 1 aliphatic rings. The van der Waals surface area contributed by atoms with Crippen molar-refractivity contribution in [3.05, 3.63) is 34.1 Å². The average molecular weight is 330 g/mol. The minimum absolute atomic E-state index is 0.0706. The number of likely N-dealkylation sites (N-methyl/N-ethyl adjacent to an activating group) is 1. The Balaban J connectivity index is 2.22. The van der Waals surface area contributed by atoms with Crippen molar-refractivity contribution in [2.24, 2.45) is 5.73 Å². The van der Waals surface area contributed by atoms with Crippen LogP contribution in [0.5, 0.6) is 0 Å². The van der Waals surface area contributed by atoms with Crippen molar-refractivity contribution in [1.82, 2.24) is 9.80 Å². The highest BCUT2D eigenvalue weighted by Crippen LogP contribution is 2.29. The molecule has 5 heteroatoms. The van der Waals surface area contributed by atoms with Crippen molar-refractivity contribution in [1.29, 1.82) is 0 Å². The largest absolute Gasteiger partial charge is 0.329 e. The van der Waals surface area contributed by atoms with Crippen LogP contribution in [0.4, 0.5) is 4.39 Å². The van der Waals surface area contributed by atoms with Gasteiger partial charge >= 0.3 is 0 Å². The van der Waals surface area contributed by atoms with Crippen molar-refractivity contribution in [2.75, 3.05) is 33.2 Å². The van der Waals surface area contributed by atoms with E-state index in [1.54, 1.807) is 12.1 Å². The van der Waals surface area contributed by atoms with Crippen LogP contribution in [0.15, 0.2) is 22.7 Å². The zero-order chi connectivity index (χ0) is 14.0. The SMILES string of the molecule is CC1CN(C(CN)c2cc(F)ccc2Br)CCN1C. The Bertz CT molecular complexity index is 441. The molecule has 1 aliphatic heterocycles. The Morgan fingerprint density at radius 2 is 2.21 bits per heavy atom. The molecular formula is C14H21BrFN3. The van der Waals surface area contributed by atoms with Gasteiger partial charge in [0.25, 0.3) is 0 Å². The van der Waals surface area contributed by atoms with E-state index < -0.39 is 0 Å². The molecule has 2 atom stereocenters. The molecule has 1 fully saturated rings. The van der Waals surface area contributed by atoms with Gasteiger partial charge in [0.15, 0.2) is 0 Å². The van der Waals surface area contributed by atoms with Gasteiger partial charge in [0.1, 0.15) is 5.82 Å². The zero-order valence-corrected chi connectivity index (χ0v) is 13.0. The van der Waals surface area contributed by atoms with Gasteiger partial charge in [0, 0.05) is 42.7 Å². The first-order chi connectivity index (χ1) is 9.02. The Kier molecular flexibility index (Phi) is 4.95. The molecule has 1 saturated heterocycles. The number of nitrogens with zero attached hydrogens (tertiary/aromatic N) is 2. The molecule has 2 rings (SSSR count). The van der Waals surface area contributed by atoms with Gasteiger partial charge in [0.2, 0.25) is 0 Å². The van der Waals surface area contributed by atoms with E-state index in [0.717, 1.165) is 29.7 Å². The molecule has 19 heavy (non-hydrogen) atoms. The molecule has 0 radical (unpaired) electrons. The summed E-state index contributed by atoms with van der Waals surface area (Å²) in [5.74, 6) is -0.209. The van der Waals surface area contributed by atoms with E-state index in [1.165, 1.54) is 6.07 Å². The Morgan fingerprint density at radius 1 is 1.47 bits per heavy atom. The number of nitrogens with two attached hydrogens (primary N) is 1. The average Bonchev–Trinajstić information content (AvgIpc) is 2.38. The Labute approximate surface area is 122 Å². The van der Waals surface area contributed by atoms with E-state index in [-0.39, 0.29) is 11.9 Å². The van der Waals surface area contributed by atoms with Crippen LogP contribution in [0.25, 0.3) is 0 Å². The Morgan fingerprint density at radius 3 is 2.84 bits per heavy atom. The number of benzene rings is 1. The monoisotopic (exact) mass is 329 g/mol. The third kappa shape index (κ3) is 3.34. The van der Waals surface area contributed by atoms with Gasteiger partial charge in [-0.1, -0.05) is 15.9 Å². The predicted octanol–water partition coefficient (Wildman–Crippen LogP) is 2.22. The van der Waals surface area contributed by atoms with Crippen LogP contribution in [0.1, 0.15) is 18.5 Å². The number of hydrogen-bond donors (Lipinski definition) is 1. The van der Waals surface area contributed by atoms with Crippen LogP contribution in [-0.4, -0.2) is 49.1 Å². The van der Waals surface area contributed by atoms with Gasteiger partial charge in [-0.2, -0.15) is 0 Å². The molecular weight excluding hydrogens is 309 g/mol. The second-order valence-corrected chi connectivity index (χ2v) is 6.10. The molecule has 1 aromatic carbocycles. The normalized spacial score (nSPS) is 23.5. The third-order valence-electron chi connectivity index (χ3n) is 3.97. The molecule has 2 unspecified atom stereocenters. The van der Waals surface area contributed by atoms with Crippen LogP contribution in [0, 0.1) is 5.82 Å². The lowest BCUT2D eigenvalue weighted by atomic mass is 10.0. The minimum Gasteiger partial charge on any atom is -0.329 e. The fourth-order valence-electron chi connectivity index (χ4n) is 2.60. The number of halogens is 2. The first-order valence-corrected chi connectivity index (χ1v) is 7.41. The molecule has 3 nitrogen and oxygen atoms in total. The van der Waals surface area contributed by atoms with Crippen LogP contribution >= 0.6 is 15.9 Å². The first kappa shape index (κ1) is 14.9. The summed E-state index contributed by atoms with van der Waals surface area (Å²) in [4.78, 5) is 4.69. The first-order valence-electron chi connectivity index (χ1n) is 6.62. The maximum absolute atomic E-state index is 13.5. The van der Waals surface area contributed by atoms with Gasteiger partial charge in [-0.3, -0.25) is 4.90 Å². The van der Waals surface area contributed by atoms with E-state index in [2.05, 4.69) is 39.7 Å². The molecule has 2 N–H and O–H groups in total. The van der Waals surface area contributed by atoms with Gasteiger partial charge in [-0.25, -0.2) is 4.39 Å². The summed E-state index contributed by atoms with van der Waals surface area (Å²) < 4.78 is 14.4. The van der Waals surface area contributed by atoms with E-state index in [0.29, 0.717) is 12.6 Å². The summed E-state index contributed by atoms with van der Waals surface area (Å²) in [6, 6.07) is 5.38. The lowest BCUT2D eigenvalue weighted by Gasteiger charge is -2.41. The molecule has 0 aliphatic carbocycles. The Hall–Kier alpha value is -0.490. The van der Waals surface area contributed by atoms with Gasteiger partial charge in [-0.05, 0) is 37.7 Å². The maximum atomic E-state index is 13.5. The van der Waals surface area contributed by atoms with E-state index in [9.17, 15) is 4.39 Å². The summed E-state index contributed by atoms with van der Waals surface area (Å²) in [6.45, 7) is 5.65. The molecule has 0 saturated carbocycles. The zero-order valence-electron chi connectivity index (χ0n) is 11.4. The van der Waals surface area contributed by atoms with Crippen LogP contribution in [0.3, 0.4) is 0 Å². The fourth-order valence-corrected chi connectivity index (χ4v) is 3.11. The summed E-state index contributed by atoms with van der Waals surface area (Å²) >= 11 is 3.51. The topological polar surface area (TPSA) is 32.5 Å². The highest BCUT2D eigenvalue weighted by molar-refractivity contribution is 9.10. The molecule has 0 bridgehead atoms. The predicted molar refractivity (Wildman–Crippen MR) is 79.6 cm³/mol. The molecule has 106 valence electrons. The standard InChI is InChI=1S/C14H21BrFN3/c1-10-9-19(6-5-18(10)2)14(8-17)12-7-11(16)3-4-13(12)15/h3-4,7,10,14H,5-6,8-9,17H2,1-2H3. The van der Waals surface area contributed by atoms with Crippen molar-refractivity contribution < 1.29 is 4.39 Å². The summed E-state index contributed by atoms with van der Waals surface area (Å²) in [5, 5.41) is 0. The minimum atomic E-state index is -0.209. The highest BCUT2D eigenvalue weighted by atomic mass is 79.9. The maximum Gasteiger partial charge on any atom is 0.123 e. The molecule has 0 aromatic heterocycles. The second kappa shape index (κ2) is 6.31. The highest BCUT2D eigenvalue weighted by Gasteiger charge is 2.27. The van der Waals surface area contributed by atoms with Crippen molar-refractivity contribution in [2.45, 2.75) is 19.0 Å². The van der Waals surface area contributed by atoms with Gasteiger partial charge in [-0.15, -0.1) is 0 Å². The van der Waals surface area contributed by atoms with Crippen LogP contribution in [-0.2, 0) is 0 Å². The lowest BCUT2D eigenvalue weighted by Crippen LogP contribution is -2.52. The van der Waals surface area contributed by atoms with Crippen LogP contribution in [0.2, 0.25) is 0 Å². The number of piperazine rings is 1. The third-order valence-corrected chi connectivity index (χ3v) is 4.69. The van der Waals surface area contributed by atoms with Gasteiger partial charge in [0.05, 0.1) is 0 Å². The second-order valence-electron chi connectivity index (χ2n) is 5.24. The van der Waals surface area contributed by atoms with E-state index in [1.807, 2.05) is 0 Å². The van der Waals surface area contributed by atoms with E-state index >= 15 is 0 Å². The number of rotatable bonds is 3. The van der Waals surface area contributed by atoms with Crippen LogP contribution < -0.4 is 5.73 Å². The summed E-state index contributed by atoms with van der Waals surface area (Å²) in [5.41, 5.74) is 6.88. The molecule has 1 heterocycles. The fraction of sp³-hybridized carbons (Fsp3) is 0.571. The summed E-state index contributed by atoms with van der Waals surface area (Å²) in [7, 11) is 2.14. The van der Waals surface area contributed by atoms with Crippen molar-refractivity contribution in [3.8, 4) is 0 Å². The summed E-state index contributed by atoms with van der Waals surface area (Å²) in [6.07, 6.45) is 0. The smallest absolute Gasteiger partial charge is 0.123 e. The van der Waals surface area contributed by atoms with Gasteiger partial charge < -0.3 is 10.6 Å². The van der Waals surface area contributed by atoms with Crippen molar-refractivity contribution in [3.63, 3.8) is 0 Å². The van der Waals surface area contributed by atoms with Crippen molar-refractivity contribution >= 4 is 15.9 Å². The quantitative estimate of drug-likeness (QED) is 0.922.